The standard InChI is InChI=1S/C19H28O3/c1-17(2,3)16-21-14-19(22-16,15-10-6-4-7-11-15)18(20)12-8-5-9-13-18/h4,6-7,10-11,16,20H,5,8-9,12-14H2,1-3H3/t16-,19-/m1/s1. The van der Waals surface area contributed by atoms with E-state index in [-0.39, 0.29) is 11.7 Å². The maximum absolute atomic E-state index is 11.5. The molecule has 122 valence electrons. The Kier molecular flexibility index (Phi) is 4.09. The first-order chi connectivity index (χ1) is 10.4. The fourth-order valence-corrected chi connectivity index (χ4v) is 3.78. The van der Waals surface area contributed by atoms with Crippen LogP contribution in [-0.2, 0) is 15.1 Å². The average Bonchev–Trinajstić information content (AvgIpc) is 2.96. The summed E-state index contributed by atoms with van der Waals surface area (Å²) in [5.41, 5.74) is -0.660. The van der Waals surface area contributed by atoms with Gasteiger partial charge in [-0.25, -0.2) is 0 Å². The van der Waals surface area contributed by atoms with Crippen LogP contribution in [0.2, 0.25) is 0 Å². The number of hydrogen-bond donors (Lipinski definition) is 1. The van der Waals surface area contributed by atoms with E-state index in [0.717, 1.165) is 31.2 Å². The Hall–Kier alpha value is -0.900. The van der Waals surface area contributed by atoms with E-state index in [1.807, 2.05) is 18.2 Å². The Morgan fingerprint density at radius 2 is 1.68 bits per heavy atom. The lowest BCUT2D eigenvalue weighted by molar-refractivity contribution is -0.217. The van der Waals surface area contributed by atoms with Gasteiger partial charge in [0.25, 0.3) is 0 Å². The van der Waals surface area contributed by atoms with Crippen molar-refractivity contribution in [1.29, 1.82) is 0 Å². The van der Waals surface area contributed by atoms with E-state index in [0.29, 0.717) is 6.61 Å². The molecule has 0 radical (unpaired) electrons. The summed E-state index contributed by atoms with van der Waals surface area (Å²) in [5.74, 6) is 0. The molecule has 0 aromatic heterocycles. The minimum Gasteiger partial charge on any atom is -0.386 e. The maximum atomic E-state index is 11.5. The molecule has 1 N–H and O–H groups in total. The van der Waals surface area contributed by atoms with Crippen LogP contribution in [0, 0.1) is 5.41 Å². The van der Waals surface area contributed by atoms with E-state index in [2.05, 4.69) is 32.9 Å². The van der Waals surface area contributed by atoms with Crippen LogP contribution in [0.5, 0.6) is 0 Å². The second kappa shape index (κ2) is 5.63. The third-order valence-corrected chi connectivity index (χ3v) is 5.13. The zero-order chi connectivity index (χ0) is 15.8. The molecule has 3 nitrogen and oxygen atoms in total. The first-order valence-corrected chi connectivity index (χ1v) is 8.45. The maximum Gasteiger partial charge on any atom is 0.163 e. The minimum absolute atomic E-state index is 0.110. The summed E-state index contributed by atoms with van der Waals surface area (Å²) in [6, 6.07) is 10.1. The Balaban J connectivity index is 2.01. The van der Waals surface area contributed by atoms with Crippen molar-refractivity contribution in [2.24, 2.45) is 5.41 Å². The Labute approximate surface area is 133 Å². The highest BCUT2D eigenvalue weighted by Crippen LogP contribution is 2.51. The second-order valence-electron chi connectivity index (χ2n) is 7.91. The average molecular weight is 304 g/mol. The lowest BCUT2D eigenvalue weighted by atomic mass is 9.70. The van der Waals surface area contributed by atoms with Crippen molar-refractivity contribution in [1.82, 2.24) is 0 Å². The van der Waals surface area contributed by atoms with Gasteiger partial charge in [0.1, 0.15) is 11.2 Å². The van der Waals surface area contributed by atoms with Crippen molar-refractivity contribution >= 4 is 0 Å². The first-order valence-electron chi connectivity index (χ1n) is 8.45. The molecule has 2 aliphatic rings. The third kappa shape index (κ3) is 2.60. The van der Waals surface area contributed by atoms with Gasteiger partial charge >= 0.3 is 0 Å². The lowest BCUT2D eigenvalue weighted by Gasteiger charge is -2.46. The predicted molar refractivity (Wildman–Crippen MR) is 86.4 cm³/mol. The number of rotatable bonds is 2. The van der Waals surface area contributed by atoms with E-state index in [1.54, 1.807) is 0 Å². The summed E-state index contributed by atoms with van der Waals surface area (Å²) in [7, 11) is 0. The van der Waals surface area contributed by atoms with Gasteiger partial charge in [-0.3, -0.25) is 0 Å². The molecule has 0 bridgehead atoms. The summed E-state index contributed by atoms with van der Waals surface area (Å²) in [5, 5.41) is 11.5. The van der Waals surface area contributed by atoms with Gasteiger partial charge in [0.15, 0.2) is 6.29 Å². The van der Waals surface area contributed by atoms with Gasteiger partial charge in [0.05, 0.1) is 6.61 Å². The zero-order valence-corrected chi connectivity index (χ0v) is 14.0. The Morgan fingerprint density at radius 3 is 2.23 bits per heavy atom. The second-order valence-corrected chi connectivity index (χ2v) is 7.91. The van der Waals surface area contributed by atoms with Gasteiger partial charge < -0.3 is 14.6 Å². The van der Waals surface area contributed by atoms with Crippen LogP contribution >= 0.6 is 0 Å². The van der Waals surface area contributed by atoms with Crippen LogP contribution in [0.25, 0.3) is 0 Å². The van der Waals surface area contributed by atoms with Crippen LogP contribution in [-0.4, -0.2) is 23.6 Å². The van der Waals surface area contributed by atoms with Gasteiger partial charge in [-0.15, -0.1) is 0 Å². The van der Waals surface area contributed by atoms with Crippen LogP contribution in [0.1, 0.15) is 58.4 Å². The zero-order valence-electron chi connectivity index (χ0n) is 14.0. The SMILES string of the molecule is CC(C)(C)[C@@H]1OC[C@@](c2ccccc2)(C2(O)CCCCC2)O1. The third-order valence-electron chi connectivity index (χ3n) is 5.13. The van der Waals surface area contributed by atoms with E-state index in [4.69, 9.17) is 9.47 Å². The smallest absolute Gasteiger partial charge is 0.163 e. The molecule has 1 aliphatic heterocycles. The van der Waals surface area contributed by atoms with E-state index >= 15 is 0 Å². The normalized spacial score (nSPS) is 32.1. The molecule has 0 amide bonds. The highest BCUT2D eigenvalue weighted by Gasteiger charge is 2.59. The molecular weight excluding hydrogens is 276 g/mol. The first kappa shape index (κ1) is 16.0. The van der Waals surface area contributed by atoms with Crippen molar-refractivity contribution < 1.29 is 14.6 Å². The Bertz CT molecular complexity index is 499. The van der Waals surface area contributed by atoms with Gasteiger partial charge in [0.2, 0.25) is 0 Å². The molecular formula is C19H28O3. The molecule has 1 aromatic rings. The molecule has 2 atom stereocenters. The number of hydrogen-bond acceptors (Lipinski definition) is 3. The largest absolute Gasteiger partial charge is 0.386 e. The van der Waals surface area contributed by atoms with Crippen molar-refractivity contribution in [2.75, 3.05) is 6.61 Å². The number of ether oxygens (including phenoxy) is 2. The molecule has 1 saturated heterocycles. The van der Waals surface area contributed by atoms with Gasteiger partial charge in [-0.1, -0.05) is 70.4 Å². The molecule has 3 rings (SSSR count). The van der Waals surface area contributed by atoms with Gasteiger partial charge in [-0.2, -0.15) is 0 Å². The van der Waals surface area contributed by atoms with Crippen LogP contribution in [0.3, 0.4) is 0 Å². The van der Waals surface area contributed by atoms with E-state index in [9.17, 15) is 5.11 Å². The molecule has 1 aliphatic carbocycles. The van der Waals surface area contributed by atoms with Gasteiger partial charge in [-0.05, 0) is 18.4 Å². The summed E-state index contributed by atoms with van der Waals surface area (Å²) >= 11 is 0. The highest BCUT2D eigenvalue weighted by molar-refractivity contribution is 5.28. The van der Waals surface area contributed by atoms with Crippen molar-refractivity contribution in [3.63, 3.8) is 0 Å². The molecule has 1 saturated carbocycles. The number of benzene rings is 1. The molecule has 2 fully saturated rings. The summed E-state index contributed by atoms with van der Waals surface area (Å²) in [6.45, 7) is 6.77. The van der Waals surface area contributed by atoms with Crippen LogP contribution in [0.4, 0.5) is 0 Å². The van der Waals surface area contributed by atoms with E-state index < -0.39 is 11.2 Å². The minimum atomic E-state index is -0.841. The summed E-state index contributed by atoms with van der Waals surface area (Å²) in [6.07, 6.45) is 4.56. The van der Waals surface area contributed by atoms with Crippen LogP contribution in [0.15, 0.2) is 30.3 Å². The van der Waals surface area contributed by atoms with E-state index in [1.165, 1.54) is 6.42 Å². The van der Waals surface area contributed by atoms with Crippen LogP contribution < -0.4 is 0 Å². The quantitative estimate of drug-likeness (QED) is 0.897. The van der Waals surface area contributed by atoms with Crippen molar-refractivity contribution in [3.8, 4) is 0 Å². The summed E-state index contributed by atoms with van der Waals surface area (Å²) in [4.78, 5) is 0. The summed E-state index contributed by atoms with van der Waals surface area (Å²) < 4.78 is 12.5. The monoisotopic (exact) mass is 304 g/mol. The Morgan fingerprint density at radius 1 is 1.05 bits per heavy atom. The molecule has 3 heteroatoms. The fraction of sp³-hybridized carbons (Fsp3) is 0.684. The molecule has 22 heavy (non-hydrogen) atoms. The molecule has 1 aromatic carbocycles. The highest BCUT2D eigenvalue weighted by atomic mass is 16.7. The number of aliphatic hydroxyl groups is 1. The van der Waals surface area contributed by atoms with Crippen molar-refractivity contribution in [3.05, 3.63) is 35.9 Å². The molecule has 0 unspecified atom stereocenters. The predicted octanol–water partition coefficient (Wildman–Crippen LogP) is 4.00. The molecule has 1 heterocycles. The van der Waals surface area contributed by atoms with Gasteiger partial charge in [0, 0.05) is 5.41 Å². The fourth-order valence-electron chi connectivity index (χ4n) is 3.78. The lowest BCUT2D eigenvalue weighted by Crippen LogP contribution is -2.55. The topological polar surface area (TPSA) is 38.7 Å². The van der Waals surface area contributed by atoms with Crippen molar-refractivity contribution in [2.45, 2.75) is 70.4 Å². The molecule has 0 spiro atoms.